The lowest BCUT2D eigenvalue weighted by Gasteiger charge is -2.16. The zero-order valence-electron chi connectivity index (χ0n) is 10.9. The van der Waals surface area contributed by atoms with Crippen molar-refractivity contribution < 1.29 is 5.11 Å². The van der Waals surface area contributed by atoms with Crippen LogP contribution >= 0.6 is 11.6 Å². The van der Waals surface area contributed by atoms with E-state index in [1.54, 1.807) is 0 Å². The number of nitrogens with one attached hydrogen (secondary N) is 1. The van der Waals surface area contributed by atoms with Crippen molar-refractivity contribution in [1.29, 1.82) is 0 Å². The number of aliphatic hydroxyl groups is 1. The minimum Gasteiger partial charge on any atom is -0.396 e. The quantitative estimate of drug-likeness (QED) is 0.780. The van der Waals surface area contributed by atoms with Crippen molar-refractivity contribution in [2.45, 2.75) is 51.5 Å². The van der Waals surface area contributed by atoms with E-state index in [0.717, 1.165) is 30.0 Å². The number of rotatable bonds is 6. The number of aromatic nitrogens is 2. The Morgan fingerprint density at radius 2 is 2.17 bits per heavy atom. The lowest BCUT2D eigenvalue weighted by atomic mass is 10.2. The highest BCUT2D eigenvalue weighted by Crippen LogP contribution is 2.39. The van der Waals surface area contributed by atoms with E-state index in [9.17, 15) is 0 Å². The topological polar surface area (TPSA) is 58.0 Å². The van der Waals surface area contributed by atoms with E-state index in [-0.39, 0.29) is 12.6 Å². The third-order valence-electron chi connectivity index (χ3n) is 3.22. The molecule has 0 aliphatic heterocycles. The van der Waals surface area contributed by atoms with Gasteiger partial charge in [-0.2, -0.15) is 0 Å². The molecule has 2 N–H and O–H groups in total. The fraction of sp³-hybridized carbons (Fsp3) is 0.692. The van der Waals surface area contributed by atoms with Gasteiger partial charge < -0.3 is 10.4 Å². The molecule has 0 bridgehead atoms. The van der Waals surface area contributed by atoms with Crippen LogP contribution in [0.25, 0.3) is 0 Å². The van der Waals surface area contributed by atoms with Gasteiger partial charge in [-0.25, -0.2) is 9.97 Å². The summed E-state index contributed by atoms with van der Waals surface area (Å²) in [6.07, 6.45) is 4.04. The summed E-state index contributed by atoms with van der Waals surface area (Å²) in [6, 6.07) is 0.272. The van der Waals surface area contributed by atoms with Crippen LogP contribution in [0, 0.1) is 6.92 Å². The van der Waals surface area contributed by atoms with Crippen LogP contribution in [0.5, 0.6) is 0 Å². The van der Waals surface area contributed by atoms with Gasteiger partial charge in [-0.15, -0.1) is 0 Å². The van der Waals surface area contributed by atoms with Gasteiger partial charge in [0.1, 0.15) is 16.8 Å². The van der Waals surface area contributed by atoms with E-state index in [2.05, 4.69) is 22.2 Å². The van der Waals surface area contributed by atoms with Crippen LogP contribution < -0.4 is 5.32 Å². The lowest BCUT2D eigenvalue weighted by Crippen LogP contribution is -2.18. The predicted octanol–water partition coefficient (Wildman–Crippen LogP) is 2.89. The van der Waals surface area contributed by atoms with Gasteiger partial charge in [-0.3, -0.25) is 0 Å². The fourth-order valence-corrected chi connectivity index (χ4v) is 2.05. The Balaban J connectivity index is 2.10. The maximum absolute atomic E-state index is 8.83. The van der Waals surface area contributed by atoms with Crippen molar-refractivity contribution in [2.24, 2.45) is 0 Å². The molecule has 2 rings (SSSR count). The Hall–Kier alpha value is -0.870. The highest BCUT2D eigenvalue weighted by atomic mass is 35.5. The SMILES string of the molecule is Cc1c(Cl)nc(C2CC2)nc1NC(C)CCCO. The molecule has 1 aliphatic rings. The fourth-order valence-electron chi connectivity index (χ4n) is 1.87. The molecule has 18 heavy (non-hydrogen) atoms. The zero-order valence-corrected chi connectivity index (χ0v) is 11.7. The smallest absolute Gasteiger partial charge is 0.137 e. The first-order valence-corrected chi connectivity index (χ1v) is 6.91. The molecule has 0 radical (unpaired) electrons. The van der Waals surface area contributed by atoms with Crippen molar-refractivity contribution in [3.63, 3.8) is 0 Å². The van der Waals surface area contributed by atoms with E-state index in [0.29, 0.717) is 11.1 Å². The molecule has 1 aliphatic carbocycles. The first-order valence-electron chi connectivity index (χ1n) is 6.53. The second-order valence-corrected chi connectivity index (χ2v) is 5.39. The van der Waals surface area contributed by atoms with Gasteiger partial charge in [0.25, 0.3) is 0 Å². The highest BCUT2D eigenvalue weighted by molar-refractivity contribution is 6.30. The average Bonchev–Trinajstić information content (AvgIpc) is 3.16. The number of hydrogen-bond donors (Lipinski definition) is 2. The van der Waals surface area contributed by atoms with Crippen LogP contribution in [0.2, 0.25) is 5.15 Å². The van der Waals surface area contributed by atoms with Crippen LogP contribution in [0.3, 0.4) is 0 Å². The normalized spacial score (nSPS) is 16.7. The molecule has 0 amide bonds. The van der Waals surface area contributed by atoms with E-state index in [4.69, 9.17) is 16.7 Å². The molecule has 0 saturated heterocycles. The largest absolute Gasteiger partial charge is 0.396 e. The maximum atomic E-state index is 8.83. The number of hydrogen-bond acceptors (Lipinski definition) is 4. The van der Waals surface area contributed by atoms with Crippen molar-refractivity contribution >= 4 is 17.4 Å². The second kappa shape index (κ2) is 5.85. The van der Waals surface area contributed by atoms with Crippen molar-refractivity contribution in [2.75, 3.05) is 11.9 Å². The molecule has 1 heterocycles. The first-order chi connectivity index (χ1) is 8.61. The van der Waals surface area contributed by atoms with Gasteiger partial charge in [0.05, 0.1) is 0 Å². The molecule has 5 heteroatoms. The molecule has 4 nitrogen and oxygen atoms in total. The van der Waals surface area contributed by atoms with Crippen molar-refractivity contribution in [3.05, 3.63) is 16.5 Å². The Morgan fingerprint density at radius 3 is 2.78 bits per heavy atom. The van der Waals surface area contributed by atoms with Crippen molar-refractivity contribution in [3.8, 4) is 0 Å². The monoisotopic (exact) mass is 269 g/mol. The third-order valence-corrected chi connectivity index (χ3v) is 3.59. The summed E-state index contributed by atoms with van der Waals surface area (Å²) in [5.41, 5.74) is 0.900. The zero-order chi connectivity index (χ0) is 13.1. The van der Waals surface area contributed by atoms with Crippen LogP contribution in [-0.2, 0) is 0 Å². The van der Waals surface area contributed by atoms with Gasteiger partial charge in [-0.1, -0.05) is 11.6 Å². The highest BCUT2D eigenvalue weighted by Gasteiger charge is 2.28. The molecule has 1 atom stereocenters. The number of anilines is 1. The Bertz CT molecular complexity index is 421. The van der Waals surface area contributed by atoms with Gasteiger partial charge >= 0.3 is 0 Å². The van der Waals surface area contributed by atoms with E-state index < -0.39 is 0 Å². The molecule has 0 spiro atoms. The molecule has 1 fully saturated rings. The first kappa shape index (κ1) is 13.6. The van der Waals surface area contributed by atoms with Gasteiger partial charge in [0.15, 0.2) is 0 Å². The van der Waals surface area contributed by atoms with Crippen LogP contribution in [0.15, 0.2) is 0 Å². The third kappa shape index (κ3) is 3.33. The van der Waals surface area contributed by atoms with Gasteiger partial charge in [0.2, 0.25) is 0 Å². The van der Waals surface area contributed by atoms with Crippen LogP contribution in [0.1, 0.15) is 49.9 Å². The Kier molecular flexibility index (Phi) is 4.40. The van der Waals surface area contributed by atoms with Crippen molar-refractivity contribution in [1.82, 2.24) is 9.97 Å². The molecular formula is C13H20ClN3O. The van der Waals surface area contributed by atoms with Crippen LogP contribution in [0.4, 0.5) is 5.82 Å². The summed E-state index contributed by atoms with van der Waals surface area (Å²) in [5, 5.41) is 12.7. The number of aliphatic hydroxyl groups excluding tert-OH is 1. The Morgan fingerprint density at radius 1 is 1.44 bits per heavy atom. The second-order valence-electron chi connectivity index (χ2n) is 5.03. The van der Waals surface area contributed by atoms with Crippen LogP contribution in [-0.4, -0.2) is 27.7 Å². The summed E-state index contributed by atoms with van der Waals surface area (Å²) in [5.74, 6) is 2.20. The summed E-state index contributed by atoms with van der Waals surface area (Å²) in [6.45, 7) is 4.24. The number of halogens is 1. The van der Waals surface area contributed by atoms with Gasteiger partial charge in [-0.05, 0) is 39.5 Å². The predicted molar refractivity (Wildman–Crippen MR) is 73.2 cm³/mol. The molecule has 1 saturated carbocycles. The standard InChI is InChI=1S/C13H20ClN3O/c1-8(4-3-7-18)15-12-9(2)11(14)16-13(17-12)10-5-6-10/h8,10,18H,3-7H2,1-2H3,(H,15,16,17). The molecule has 100 valence electrons. The minimum absolute atomic E-state index is 0.225. The number of nitrogens with zero attached hydrogens (tertiary/aromatic N) is 2. The molecule has 1 aromatic rings. The maximum Gasteiger partial charge on any atom is 0.137 e. The molecular weight excluding hydrogens is 250 g/mol. The van der Waals surface area contributed by atoms with E-state index in [1.165, 1.54) is 12.8 Å². The molecule has 1 unspecified atom stereocenters. The minimum atomic E-state index is 0.225. The molecule has 1 aromatic heterocycles. The average molecular weight is 270 g/mol. The molecule has 0 aromatic carbocycles. The lowest BCUT2D eigenvalue weighted by molar-refractivity contribution is 0.282. The summed E-state index contributed by atoms with van der Waals surface area (Å²) in [7, 11) is 0. The van der Waals surface area contributed by atoms with Gasteiger partial charge in [0, 0.05) is 24.1 Å². The Labute approximate surface area is 113 Å². The summed E-state index contributed by atoms with van der Waals surface area (Å²) < 4.78 is 0. The summed E-state index contributed by atoms with van der Waals surface area (Å²) in [4.78, 5) is 8.91. The van der Waals surface area contributed by atoms with E-state index >= 15 is 0 Å². The van der Waals surface area contributed by atoms with E-state index in [1.807, 2.05) is 6.92 Å². The summed E-state index contributed by atoms with van der Waals surface area (Å²) >= 11 is 6.15.